The number of nitrogens with zero attached hydrogens (tertiary/aromatic N) is 1. The van der Waals surface area contributed by atoms with Gasteiger partial charge in [0.15, 0.2) is 0 Å². The number of amides is 2. The van der Waals surface area contributed by atoms with Crippen LogP contribution in [0.1, 0.15) is 22.6 Å². The second kappa shape index (κ2) is 7.45. The van der Waals surface area contributed by atoms with Gasteiger partial charge in [0, 0.05) is 36.6 Å². The van der Waals surface area contributed by atoms with Crippen molar-refractivity contribution >= 4 is 16.9 Å². The van der Waals surface area contributed by atoms with Crippen molar-refractivity contribution in [3.8, 4) is 0 Å². The summed E-state index contributed by atoms with van der Waals surface area (Å²) in [5.41, 5.74) is 10.7. The van der Waals surface area contributed by atoms with Crippen LogP contribution in [0.15, 0.2) is 54.7 Å². The molecule has 2 unspecified atom stereocenters. The summed E-state index contributed by atoms with van der Waals surface area (Å²) in [5, 5.41) is 4.22. The summed E-state index contributed by atoms with van der Waals surface area (Å²) in [6.07, 6.45) is 3.81. The highest BCUT2D eigenvalue weighted by Gasteiger charge is 2.34. The average Bonchev–Trinajstić information content (AvgIpc) is 3.24. The van der Waals surface area contributed by atoms with Crippen LogP contribution in [-0.4, -0.2) is 42.1 Å². The van der Waals surface area contributed by atoms with E-state index in [9.17, 15) is 4.79 Å². The highest BCUT2D eigenvalue weighted by atomic mass is 16.2. The minimum atomic E-state index is 0.00426. The van der Waals surface area contributed by atoms with Crippen LogP contribution < -0.4 is 11.1 Å². The number of carbonyl (C=O) groups excluding carboxylic acids is 1. The Hall–Kier alpha value is -2.79. The first-order valence-corrected chi connectivity index (χ1v) is 9.52. The predicted molar refractivity (Wildman–Crippen MR) is 109 cm³/mol. The Kier molecular flexibility index (Phi) is 4.86. The van der Waals surface area contributed by atoms with Gasteiger partial charge in [-0.3, -0.25) is 0 Å². The van der Waals surface area contributed by atoms with E-state index in [1.165, 1.54) is 22.1 Å². The van der Waals surface area contributed by atoms with Gasteiger partial charge < -0.3 is 20.9 Å². The summed E-state index contributed by atoms with van der Waals surface area (Å²) in [6, 6.07) is 17.2. The van der Waals surface area contributed by atoms with Gasteiger partial charge in [-0.25, -0.2) is 4.79 Å². The van der Waals surface area contributed by atoms with E-state index < -0.39 is 0 Å². The quantitative estimate of drug-likeness (QED) is 0.631. The monoisotopic (exact) mass is 362 g/mol. The Morgan fingerprint density at radius 2 is 2.04 bits per heavy atom. The van der Waals surface area contributed by atoms with Crippen molar-refractivity contribution in [2.24, 2.45) is 5.73 Å². The summed E-state index contributed by atoms with van der Waals surface area (Å²) in [7, 11) is 1.89. The number of nitrogens with two attached hydrogens (primary N) is 1. The lowest BCUT2D eigenvalue weighted by Crippen LogP contribution is -2.35. The zero-order chi connectivity index (χ0) is 18.8. The van der Waals surface area contributed by atoms with Gasteiger partial charge in [0.2, 0.25) is 0 Å². The largest absolute Gasteiger partial charge is 0.361 e. The molecule has 1 aliphatic rings. The van der Waals surface area contributed by atoms with Gasteiger partial charge in [-0.05, 0) is 48.2 Å². The molecule has 1 aromatic heterocycles. The average molecular weight is 362 g/mol. The number of hydrogen-bond donors (Lipinski definition) is 3. The standard InChI is InChI=1S/C22H26N4O/c1-26-21(14-25-22(26)27)19(11-15-5-3-2-4-6-15)16-7-8-20-18(12-16)17(9-10-23)13-24-20/h2-8,12-13,19,21,24H,9-11,14,23H2,1H3,(H,25,27). The first kappa shape index (κ1) is 17.6. The first-order chi connectivity index (χ1) is 13.2. The molecule has 0 aliphatic carbocycles. The van der Waals surface area contributed by atoms with Crippen molar-refractivity contribution in [3.05, 3.63) is 71.4 Å². The lowest BCUT2D eigenvalue weighted by atomic mass is 9.85. The summed E-state index contributed by atoms with van der Waals surface area (Å²) in [6.45, 7) is 1.31. The molecule has 0 radical (unpaired) electrons. The molecular formula is C22H26N4O. The van der Waals surface area contributed by atoms with Gasteiger partial charge in [0.25, 0.3) is 0 Å². The van der Waals surface area contributed by atoms with Crippen LogP contribution in [0, 0.1) is 0 Å². The Bertz CT molecular complexity index is 934. The van der Waals surface area contributed by atoms with Crippen LogP contribution in [0.25, 0.3) is 10.9 Å². The molecule has 5 heteroatoms. The second-order valence-corrected chi connectivity index (χ2v) is 7.32. The molecule has 0 saturated carbocycles. The number of rotatable bonds is 6. The van der Waals surface area contributed by atoms with Crippen LogP contribution in [0.3, 0.4) is 0 Å². The lowest BCUT2D eigenvalue weighted by molar-refractivity contribution is 0.210. The molecule has 27 heavy (non-hydrogen) atoms. The molecule has 4 rings (SSSR count). The van der Waals surface area contributed by atoms with E-state index in [1.807, 2.05) is 18.0 Å². The predicted octanol–water partition coefficient (Wildman–Crippen LogP) is 3.02. The Morgan fingerprint density at radius 1 is 1.22 bits per heavy atom. The van der Waals surface area contributed by atoms with Crippen molar-refractivity contribution in [2.45, 2.75) is 24.8 Å². The van der Waals surface area contributed by atoms with Crippen molar-refractivity contribution < 1.29 is 4.79 Å². The van der Waals surface area contributed by atoms with Crippen LogP contribution in [0.4, 0.5) is 4.79 Å². The fourth-order valence-corrected chi connectivity index (χ4v) is 4.15. The number of aromatic amines is 1. The van der Waals surface area contributed by atoms with Gasteiger partial charge in [0.1, 0.15) is 0 Å². The third-order valence-corrected chi connectivity index (χ3v) is 5.68. The van der Waals surface area contributed by atoms with Crippen molar-refractivity contribution in [1.82, 2.24) is 15.2 Å². The highest BCUT2D eigenvalue weighted by Crippen LogP contribution is 2.32. The van der Waals surface area contributed by atoms with Crippen molar-refractivity contribution in [2.75, 3.05) is 20.1 Å². The molecule has 1 fully saturated rings. The number of aromatic nitrogens is 1. The molecule has 3 aromatic rings. The van der Waals surface area contributed by atoms with E-state index in [1.54, 1.807) is 0 Å². The first-order valence-electron chi connectivity index (χ1n) is 9.52. The zero-order valence-corrected chi connectivity index (χ0v) is 15.6. The van der Waals surface area contributed by atoms with E-state index in [-0.39, 0.29) is 18.0 Å². The maximum absolute atomic E-state index is 12.1. The molecule has 1 saturated heterocycles. The Labute approximate surface area is 159 Å². The summed E-state index contributed by atoms with van der Waals surface area (Å²) >= 11 is 0. The number of H-pyrrole nitrogens is 1. The van der Waals surface area contributed by atoms with Gasteiger partial charge >= 0.3 is 6.03 Å². The fourth-order valence-electron chi connectivity index (χ4n) is 4.15. The molecule has 2 heterocycles. The Morgan fingerprint density at radius 3 is 2.74 bits per heavy atom. The van der Waals surface area contributed by atoms with Crippen molar-refractivity contribution in [1.29, 1.82) is 0 Å². The van der Waals surface area contributed by atoms with Gasteiger partial charge in [0.05, 0.1) is 6.04 Å². The van der Waals surface area contributed by atoms with Crippen LogP contribution >= 0.6 is 0 Å². The molecule has 0 spiro atoms. The third kappa shape index (κ3) is 3.43. The molecule has 2 atom stereocenters. The van der Waals surface area contributed by atoms with E-state index in [0.717, 1.165) is 18.4 Å². The van der Waals surface area contributed by atoms with E-state index in [4.69, 9.17) is 5.73 Å². The number of urea groups is 1. The van der Waals surface area contributed by atoms with Gasteiger partial charge in [-0.2, -0.15) is 0 Å². The maximum atomic E-state index is 12.1. The summed E-state index contributed by atoms with van der Waals surface area (Å²) in [5.74, 6) is 0.223. The number of nitrogens with one attached hydrogen (secondary N) is 2. The maximum Gasteiger partial charge on any atom is 0.317 e. The topological polar surface area (TPSA) is 74.2 Å². The number of fused-ring (bicyclic) bond motifs is 1. The van der Waals surface area contributed by atoms with Crippen LogP contribution in [0.2, 0.25) is 0 Å². The second-order valence-electron chi connectivity index (χ2n) is 7.32. The normalized spacial score (nSPS) is 18.1. The van der Waals surface area contributed by atoms with E-state index in [0.29, 0.717) is 13.1 Å². The molecule has 2 aromatic carbocycles. The number of benzene rings is 2. The molecule has 2 amide bonds. The summed E-state index contributed by atoms with van der Waals surface area (Å²) in [4.78, 5) is 17.3. The zero-order valence-electron chi connectivity index (χ0n) is 15.6. The molecule has 5 nitrogen and oxygen atoms in total. The number of carbonyl (C=O) groups is 1. The molecule has 140 valence electrons. The molecule has 4 N–H and O–H groups in total. The molecule has 1 aliphatic heterocycles. The lowest BCUT2D eigenvalue weighted by Gasteiger charge is -2.28. The minimum absolute atomic E-state index is 0.00426. The van der Waals surface area contributed by atoms with Crippen LogP contribution in [0.5, 0.6) is 0 Å². The minimum Gasteiger partial charge on any atom is -0.361 e. The van der Waals surface area contributed by atoms with Crippen molar-refractivity contribution in [3.63, 3.8) is 0 Å². The fraction of sp³-hybridized carbons (Fsp3) is 0.318. The highest BCUT2D eigenvalue weighted by molar-refractivity contribution is 5.84. The van der Waals surface area contributed by atoms with Gasteiger partial charge in [-0.15, -0.1) is 0 Å². The molecular weight excluding hydrogens is 336 g/mol. The SMILES string of the molecule is CN1C(=O)NCC1C(Cc1ccccc1)c1ccc2[nH]cc(CCN)c2c1. The molecule has 0 bridgehead atoms. The Balaban J connectivity index is 1.74. The number of hydrogen-bond acceptors (Lipinski definition) is 2. The third-order valence-electron chi connectivity index (χ3n) is 5.68. The summed E-state index contributed by atoms with van der Waals surface area (Å²) < 4.78 is 0. The van der Waals surface area contributed by atoms with E-state index >= 15 is 0 Å². The number of likely N-dealkylation sites (N-methyl/N-ethyl adjacent to an activating group) is 1. The van der Waals surface area contributed by atoms with Crippen LogP contribution in [-0.2, 0) is 12.8 Å². The van der Waals surface area contributed by atoms with E-state index in [2.05, 4.69) is 59.0 Å². The van der Waals surface area contributed by atoms with Gasteiger partial charge in [-0.1, -0.05) is 36.4 Å². The smallest absolute Gasteiger partial charge is 0.317 e.